The van der Waals surface area contributed by atoms with Crippen molar-refractivity contribution in [1.82, 2.24) is 0 Å². The van der Waals surface area contributed by atoms with Gasteiger partial charge in [-0.2, -0.15) is 0 Å². The summed E-state index contributed by atoms with van der Waals surface area (Å²) in [5.74, 6) is 0. The molecule has 1 aromatic carbocycles. The Bertz CT molecular complexity index is 517. The maximum atomic E-state index is 10.8. The number of amides is 1. The summed E-state index contributed by atoms with van der Waals surface area (Å²) in [4.78, 5) is 31.2. The van der Waals surface area contributed by atoms with Gasteiger partial charge in [0, 0.05) is 19.1 Å². The van der Waals surface area contributed by atoms with E-state index in [1.807, 2.05) is 0 Å². The molecule has 0 unspecified atom stereocenters. The van der Waals surface area contributed by atoms with Crippen molar-refractivity contribution >= 4 is 18.1 Å². The average molecular weight is 296 g/mol. The van der Waals surface area contributed by atoms with Crippen LogP contribution in [0.2, 0.25) is 0 Å². The van der Waals surface area contributed by atoms with Gasteiger partial charge in [-0.3, -0.25) is 14.9 Å². The molecule has 21 heavy (non-hydrogen) atoms. The molecule has 0 radical (unpaired) electrons. The predicted molar refractivity (Wildman–Crippen MR) is 73.2 cm³/mol. The number of aldehydes is 1. The molecule has 8 heteroatoms. The predicted octanol–water partition coefficient (Wildman–Crippen LogP) is 1.45. The van der Waals surface area contributed by atoms with Gasteiger partial charge in [-0.25, -0.2) is 4.79 Å². The van der Waals surface area contributed by atoms with Crippen LogP contribution in [0.4, 0.5) is 10.5 Å². The molecule has 0 aliphatic rings. The van der Waals surface area contributed by atoms with E-state index < -0.39 is 11.0 Å². The minimum absolute atomic E-state index is 0.0493. The minimum atomic E-state index is -0.822. The molecule has 0 aliphatic carbocycles. The van der Waals surface area contributed by atoms with Crippen LogP contribution in [-0.4, -0.2) is 37.1 Å². The van der Waals surface area contributed by atoms with E-state index in [-0.39, 0.29) is 17.9 Å². The van der Waals surface area contributed by atoms with Crippen molar-refractivity contribution < 1.29 is 24.0 Å². The van der Waals surface area contributed by atoms with Crippen molar-refractivity contribution in [3.05, 3.63) is 39.4 Å². The van der Waals surface area contributed by atoms with Gasteiger partial charge >= 0.3 is 6.09 Å². The number of nitrogens with two attached hydrogens (primary N) is 1. The molecule has 0 aromatic heterocycles. The van der Waals surface area contributed by atoms with Crippen molar-refractivity contribution in [2.24, 2.45) is 5.73 Å². The molecule has 0 saturated carbocycles. The summed E-state index contributed by atoms with van der Waals surface area (Å²) >= 11 is 0. The van der Waals surface area contributed by atoms with Gasteiger partial charge in [-0.15, -0.1) is 0 Å². The van der Waals surface area contributed by atoms with Crippen LogP contribution in [-0.2, 0) is 15.9 Å². The quantitative estimate of drug-likeness (QED) is 0.318. The first kappa shape index (κ1) is 16.6. The first-order valence-electron chi connectivity index (χ1n) is 6.27. The summed E-state index contributed by atoms with van der Waals surface area (Å²) in [5, 5.41) is 10.8. The van der Waals surface area contributed by atoms with E-state index in [2.05, 4.69) is 4.74 Å². The molecule has 2 N–H and O–H groups in total. The topological polar surface area (TPSA) is 122 Å². The molecule has 0 fully saturated rings. The monoisotopic (exact) mass is 296 g/mol. The van der Waals surface area contributed by atoms with Crippen LogP contribution >= 0.6 is 0 Å². The Labute approximate surface area is 121 Å². The number of nitro benzene ring substituents is 1. The third kappa shape index (κ3) is 6.00. The third-order valence-electron chi connectivity index (χ3n) is 2.63. The number of nitro groups is 1. The van der Waals surface area contributed by atoms with Gasteiger partial charge in [-0.05, 0) is 18.1 Å². The van der Waals surface area contributed by atoms with Gasteiger partial charge in [-0.1, -0.05) is 6.07 Å². The summed E-state index contributed by atoms with van der Waals surface area (Å²) < 4.78 is 9.83. The normalized spacial score (nSPS) is 10.1. The number of ether oxygens (including phenoxy) is 2. The zero-order chi connectivity index (χ0) is 15.7. The lowest BCUT2D eigenvalue weighted by atomic mass is 10.1. The Morgan fingerprint density at radius 2 is 2.10 bits per heavy atom. The molecule has 0 heterocycles. The van der Waals surface area contributed by atoms with Crippen molar-refractivity contribution in [2.75, 3.05) is 19.8 Å². The maximum absolute atomic E-state index is 10.8. The average Bonchev–Trinajstić information content (AvgIpc) is 2.45. The molecule has 1 amide bonds. The zero-order valence-electron chi connectivity index (χ0n) is 11.3. The highest BCUT2D eigenvalue weighted by molar-refractivity contribution is 5.81. The lowest BCUT2D eigenvalue weighted by molar-refractivity contribution is -0.385. The molecule has 114 valence electrons. The fraction of sp³-hybridized carbons (Fsp3) is 0.385. The van der Waals surface area contributed by atoms with E-state index in [0.717, 1.165) is 0 Å². The second kappa shape index (κ2) is 8.64. The van der Waals surface area contributed by atoms with Crippen LogP contribution in [0.1, 0.15) is 22.3 Å². The Kier molecular flexibility index (Phi) is 6.82. The van der Waals surface area contributed by atoms with E-state index >= 15 is 0 Å². The van der Waals surface area contributed by atoms with Gasteiger partial charge in [0.1, 0.15) is 0 Å². The highest BCUT2D eigenvalue weighted by Crippen LogP contribution is 2.19. The zero-order valence-corrected chi connectivity index (χ0v) is 11.3. The van der Waals surface area contributed by atoms with Crippen molar-refractivity contribution in [2.45, 2.75) is 12.8 Å². The van der Waals surface area contributed by atoms with Gasteiger partial charge < -0.3 is 15.2 Å². The molecule has 0 spiro atoms. The Morgan fingerprint density at radius 1 is 1.33 bits per heavy atom. The summed E-state index contributed by atoms with van der Waals surface area (Å²) in [6, 6.07) is 4.43. The van der Waals surface area contributed by atoms with Crippen LogP contribution in [0.3, 0.4) is 0 Å². The number of carbonyl (C=O) groups is 2. The number of hydrogen-bond donors (Lipinski definition) is 1. The second-order valence-electron chi connectivity index (χ2n) is 4.15. The number of nitrogens with zero attached hydrogens (tertiary/aromatic N) is 1. The van der Waals surface area contributed by atoms with Gasteiger partial charge in [0.05, 0.1) is 23.7 Å². The summed E-state index contributed by atoms with van der Waals surface area (Å²) in [6.07, 6.45) is 0.638. The highest BCUT2D eigenvalue weighted by atomic mass is 16.6. The Balaban J connectivity index is 2.35. The SMILES string of the molecule is NC(=O)OCCCOCCc1ccc(C=O)c([N+](=O)[O-])c1. The van der Waals surface area contributed by atoms with E-state index in [1.165, 1.54) is 12.1 Å². The second-order valence-corrected chi connectivity index (χ2v) is 4.15. The fourth-order valence-corrected chi connectivity index (χ4v) is 1.63. The van der Waals surface area contributed by atoms with Gasteiger partial charge in [0.2, 0.25) is 0 Å². The maximum Gasteiger partial charge on any atom is 0.404 e. The molecule has 0 saturated heterocycles. The van der Waals surface area contributed by atoms with Crippen molar-refractivity contribution in [3.63, 3.8) is 0 Å². The van der Waals surface area contributed by atoms with E-state index in [9.17, 15) is 19.7 Å². The summed E-state index contributed by atoms with van der Waals surface area (Å²) in [6.45, 7) is 0.949. The lowest BCUT2D eigenvalue weighted by Crippen LogP contribution is -2.14. The fourth-order valence-electron chi connectivity index (χ4n) is 1.63. The van der Waals surface area contributed by atoms with Gasteiger partial charge in [0.25, 0.3) is 5.69 Å². The number of rotatable bonds is 9. The van der Waals surface area contributed by atoms with Crippen LogP contribution in [0.15, 0.2) is 18.2 Å². The first-order valence-corrected chi connectivity index (χ1v) is 6.27. The first-order chi connectivity index (χ1) is 10.0. The number of benzene rings is 1. The van der Waals surface area contributed by atoms with E-state index in [4.69, 9.17) is 10.5 Å². The smallest absolute Gasteiger partial charge is 0.404 e. The lowest BCUT2D eigenvalue weighted by Gasteiger charge is -2.05. The Hall–Kier alpha value is -2.48. The molecule has 1 rings (SSSR count). The minimum Gasteiger partial charge on any atom is -0.450 e. The van der Waals surface area contributed by atoms with E-state index in [1.54, 1.807) is 6.07 Å². The summed E-state index contributed by atoms with van der Waals surface area (Å²) in [5.41, 5.74) is 5.34. The molecule has 0 atom stereocenters. The van der Waals surface area contributed by atoms with Crippen LogP contribution in [0, 0.1) is 10.1 Å². The number of primary amides is 1. The van der Waals surface area contributed by atoms with E-state index in [0.29, 0.717) is 37.9 Å². The molecule has 8 nitrogen and oxygen atoms in total. The van der Waals surface area contributed by atoms with Crippen molar-refractivity contribution in [3.8, 4) is 0 Å². The molecule has 1 aromatic rings. The standard InChI is InChI=1S/C13H16N2O6/c14-13(17)21-6-1-5-20-7-4-10-2-3-11(9-16)12(8-10)15(18)19/h2-3,8-9H,1,4-7H2,(H2,14,17). The summed E-state index contributed by atoms with van der Waals surface area (Å²) in [7, 11) is 0. The van der Waals surface area contributed by atoms with Crippen LogP contribution in [0.5, 0.6) is 0 Å². The molecular weight excluding hydrogens is 280 g/mol. The molecular formula is C13H16N2O6. The van der Waals surface area contributed by atoms with Crippen LogP contribution in [0.25, 0.3) is 0 Å². The van der Waals surface area contributed by atoms with Crippen LogP contribution < -0.4 is 5.73 Å². The molecule has 0 aliphatic heterocycles. The third-order valence-corrected chi connectivity index (χ3v) is 2.63. The van der Waals surface area contributed by atoms with Crippen molar-refractivity contribution in [1.29, 1.82) is 0 Å². The highest BCUT2D eigenvalue weighted by Gasteiger charge is 2.13. The largest absolute Gasteiger partial charge is 0.450 e. The number of hydrogen-bond acceptors (Lipinski definition) is 6. The Morgan fingerprint density at radius 3 is 2.71 bits per heavy atom. The molecule has 0 bridgehead atoms. The number of carbonyl (C=O) groups excluding carboxylic acids is 2. The van der Waals surface area contributed by atoms with Gasteiger partial charge in [0.15, 0.2) is 6.29 Å².